The van der Waals surface area contributed by atoms with Crippen molar-refractivity contribution in [2.75, 3.05) is 14.2 Å². The summed E-state index contributed by atoms with van der Waals surface area (Å²) in [5.41, 5.74) is 5.50. The van der Waals surface area contributed by atoms with Gasteiger partial charge in [0.2, 0.25) is 0 Å². The Bertz CT molecular complexity index is 2240. The number of fused-ring (bicyclic) bond motifs is 4. The number of rotatable bonds is 2. The van der Waals surface area contributed by atoms with E-state index in [4.69, 9.17) is 9.47 Å². The Morgan fingerprint density at radius 2 is 1.07 bits per heavy atom. The highest BCUT2D eigenvalue weighted by Gasteiger charge is 2.29. The van der Waals surface area contributed by atoms with Gasteiger partial charge in [0.15, 0.2) is 0 Å². The zero-order chi connectivity index (χ0) is 29.3. The first-order chi connectivity index (χ1) is 21.1. The molecule has 0 radical (unpaired) electrons. The maximum absolute atomic E-state index is 5.44. The lowest BCUT2D eigenvalue weighted by molar-refractivity contribution is 0.415. The van der Waals surface area contributed by atoms with Gasteiger partial charge in [-0.05, 0) is 87.4 Å². The van der Waals surface area contributed by atoms with Gasteiger partial charge >= 0.3 is 0 Å². The zero-order valence-electron chi connectivity index (χ0n) is 24.4. The quantitative estimate of drug-likeness (QED) is 0.217. The van der Waals surface area contributed by atoms with Crippen LogP contribution in [0.1, 0.15) is 16.7 Å². The average molecular weight is 555 g/mol. The van der Waals surface area contributed by atoms with Crippen LogP contribution in [0.4, 0.5) is 0 Å². The third kappa shape index (κ3) is 4.88. The van der Waals surface area contributed by atoms with Gasteiger partial charge in [0.05, 0.1) is 14.2 Å². The molecule has 206 valence electrons. The van der Waals surface area contributed by atoms with Crippen LogP contribution >= 0.6 is 0 Å². The number of hydrogen-bond donors (Lipinski definition) is 0. The second kappa shape index (κ2) is 11.1. The van der Waals surface area contributed by atoms with Gasteiger partial charge in [0, 0.05) is 34.1 Å². The molecule has 0 N–H and O–H groups in total. The van der Waals surface area contributed by atoms with E-state index in [-0.39, 0.29) is 11.8 Å². The van der Waals surface area contributed by atoms with Gasteiger partial charge < -0.3 is 9.47 Å². The molecule has 0 spiro atoms. The van der Waals surface area contributed by atoms with E-state index in [2.05, 4.69) is 134 Å². The molecule has 5 aromatic carbocycles. The predicted octanol–water partition coefficient (Wildman–Crippen LogP) is 7.10. The third-order valence-electron chi connectivity index (χ3n) is 8.40. The molecule has 2 atom stereocenters. The number of methoxy groups -OCH3 is 2. The zero-order valence-corrected chi connectivity index (χ0v) is 24.4. The Hall–Kier alpha value is -5.44. The normalized spacial score (nSPS) is 16.5. The summed E-state index contributed by atoms with van der Waals surface area (Å²) in [4.78, 5) is 0. The lowest BCUT2D eigenvalue weighted by Gasteiger charge is -2.28. The maximum Gasteiger partial charge on any atom is 0.119 e. The molecular formula is C41H30O2. The van der Waals surface area contributed by atoms with E-state index in [9.17, 15) is 0 Å². The van der Waals surface area contributed by atoms with Crippen molar-refractivity contribution >= 4 is 32.7 Å². The highest BCUT2D eigenvalue weighted by Crippen LogP contribution is 2.34. The van der Waals surface area contributed by atoms with Crippen LogP contribution in [0, 0.1) is 42.4 Å². The summed E-state index contributed by atoms with van der Waals surface area (Å²) in [7, 11) is 3.39. The number of aryl methyl sites for hydroxylation is 1. The molecule has 0 aliphatic heterocycles. The van der Waals surface area contributed by atoms with Crippen molar-refractivity contribution in [3.8, 4) is 35.2 Å². The number of ether oxygens (including phenoxy) is 2. The molecule has 5 aromatic rings. The third-order valence-corrected chi connectivity index (χ3v) is 8.40. The lowest BCUT2D eigenvalue weighted by Crippen LogP contribution is -2.39. The first kappa shape index (κ1) is 26.5. The SMILES string of the molecule is COc1ccc2c(C#CC3=c4ccc(C)cc4=C(C#Cc4cccc5cc(OC)ccc45)C4C=CC=CC34)cccc2c1. The van der Waals surface area contributed by atoms with Crippen molar-refractivity contribution < 1.29 is 9.47 Å². The van der Waals surface area contributed by atoms with E-state index in [0.717, 1.165) is 60.5 Å². The number of hydrogen-bond acceptors (Lipinski definition) is 2. The number of allylic oxidation sites excluding steroid dienone is 4. The molecule has 0 amide bonds. The molecule has 0 aromatic heterocycles. The van der Waals surface area contributed by atoms with Crippen molar-refractivity contribution in [2.24, 2.45) is 11.8 Å². The Balaban J connectivity index is 1.43. The molecule has 0 saturated heterocycles. The van der Waals surface area contributed by atoms with Crippen molar-refractivity contribution in [3.63, 3.8) is 0 Å². The van der Waals surface area contributed by atoms with Crippen LogP contribution in [0.3, 0.4) is 0 Å². The van der Waals surface area contributed by atoms with Crippen LogP contribution in [0.2, 0.25) is 0 Å². The summed E-state index contributed by atoms with van der Waals surface area (Å²) in [6.45, 7) is 2.14. The summed E-state index contributed by atoms with van der Waals surface area (Å²) in [5, 5.41) is 6.81. The second-order valence-corrected chi connectivity index (χ2v) is 11.0. The fourth-order valence-corrected chi connectivity index (χ4v) is 6.20. The molecule has 43 heavy (non-hydrogen) atoms. The molecule has 2 heteroatoms. The monoisotopic (exact) mass is 554 g/mol. The van der Waals surface area contributed by atoms with Crippen molar-refractivity contribution in [1.29, 1.82) is 0 Å². The van der Waals surface area contributed by atoms with Crippen LogP contribution < -0.4 is 19.9 Å². The largest absolute Gasteiger partial charge is 0.497 e. The minimum atomic E-state index is 0.114. The van der Waals surface area contributed by atoms with E-state index in [0.29, 0.717) is 0 Å². The summed E-state index contributed by atoms with van der Waals surface area (Å²) in [5.74, 6) is 16.3. The Morgan fingerprint density at radius 3 is 1.60 bits per heavy atom. The van der Waals surface area contributed by atoms with Crippen molar-refractivity contribution in [2.45, 2.75) is 6.92 Å². The van der Waals surface area contributed by atoms with E-state index in [1.54, 1.807) is 14.2 Å². The van der Waals surface area contributed by atoms with Gasteiger partial charge in [-0.2, -0.15) is 0 Å². The second-order valence-electron chi connectivity index (χ2n) is 11.0. The van der Waals surface area contributed by atoms with Gasteiger partial charge in [-0.1, -0.05) is 96.0 Å². The fourth-order valence-electron chi connectivity index (χ4n) is 6.20. The van der Waals surface area contributed by atoms with E-state index < -0.39 is 0 Å². The number of benzene rings is 5. The van der Waals surface area contributed by atoms with E-state index >= 15 is 0 Å². The first-order valence-electron chi connectivity index (χ1n) is 14.5. The van der Waals surface area contributed by atoms with Crippen LogP contribution in [0.25, 0.3) is 32.7 Å². The maximum atomic E-state index is 5.44. The van der Waals surface area contributed by atoms with Gasteiger partial charge in [-0.15, -0.1) is 0 Å². The van der Waals surface area contributed by atoms with Gasteiger partial charge in [-0.3, -0.25) is 0 Å². The molecule has 2 aliphatic rings. The Labute approximate surface area is 252 Å². The topological polar surface area (TPSA) is 18.5 Å². The highest BCUT2D eigenvalue weighted by molar-refractivity contribution is 5.92. The minimum Gasteiger partial charge on any atom is -0.497 e. The molecule has 2 unspecified atom stereocenters. The van der Waals surface area contributed by atoms with Crippen LogP contribution in [-0.4, -0.2) is 14.2 Å². The average Bonchev–Trinajstić information content (AvgIpc) is 3.05. The van der Waals surface area contributed by atoms with E-state index in [1.165, 1.54) is 10.8 Å². The highest BCUT2D eigenvalue weighted by atomic mass is 16.5. The molecule has 0 saturated carbocycles. The standard InChI is InChI=1S/C41H30O2/c1-27-14-19-39-38(20-15-28-8-6-10-30-25-32(42-2)17-22-34(28)30)36-12-4-5-13-37(36)40(41(39)24-27)21-16-29-9-7-11-31-26-33(43-3)18-23-35(29)31/h4-14,17-19,22-26,36-37H,1-3H3. The molecule has 0 bridgehead atoms. The summed E-state index contributed by atoms with van der Waals surface area (Å²) in [6, 6.07) is 31.5. The van der Waals surface area contributed by atoms with Crippen LogP contribution in [-0.2, 0) is 0 Å². The molecule has 7 rings (SSSR count). The molecule has 2 nitrogen and oxygen atoms in total. The Kier molecular flexibility index (Phi) is 6.82. The van der Waals surface area contributed by atoms with E-state index in [1.807, 2.05) is 12.1 Å². The van der Waals surface area contributed by atoms with Crippen LogP contribution in [0.15, 0.2) is 115 Å². The fraction of sp³-hybridized carbons (Fsp3) is 0.122. The smallest absolute Gasteiger partial charge is 0.119 e. The van der Waals surface area contributed by atoms with Gasteiger partial charge in [-0.25, -0.2) is 0 Å². The van der Waals surface area contributed by atoms with Crippen LogP contribution in [0.5, 0.6) is 11.5 Å². The molecule has 0 fully saturated rings. The van der Waals surface area contributed by atoms with Crippen molar-refractivity contribution in [1.82, 2.24) is 0 Å². The summed E-state index contributed by atoms with van der Waals surface area (Å²) >= 11 is 0. The molecule has 0 heterocycles. The Morgan fingerprint density at radius 1 is 0.535 bits per heavy atom. The first-order valence-corrected chi connectivity index (χ1v) is 14.5. The minimum absolute atomic E-state index is 0.114. The molecule has 2 aliphatic carbocycles. The van der Waals surface area contributed by atoms with Gasteiger partial charge in [0.25, 0.3) is 0 Å². The summed E-state index contributed by atoms with van der Waals surface area (Å²) < 4.78 is 10.9. The van der Waals surface area contributed by atoms with Crippen molar-refractivity contribution in [3.05, 3.63) is 142 Å². The summed E-state index contributed by atoms with van der Waals surface area (Å²) in [6.07, 6.45) is 8.82. The molecular weight excluding hydrogens is 524 g/mol. The lowest BCUT2D eigenvalue weighted by atomic mass is 9.73. The van der Waals surface area contributed by atoms with Gasteiger partial charge in [0.1, 0.15) is 11.5 Å². The predicted molar refractivity (Wildman–Crippen MR) is 177 cm³/mol.